The Bertz CT molecular complexity index is 400. The summed E-state index contributed by atoms with van der Waals surface area (Å²) < 4.78 is 14.6. The van der Waals surface area contributed by atoms with Crippen LogP contribution >= 0.6 is 15.9 Å². The molecule has 0 aromatic heterocycles. The Morgan fingerprint density at radius 2 is 1.79 bits per heavy atom. The molecule has 1 fully saturated rings. The van der Waals surface area contributed by atoms with E-state index in [0.717, 1.165) is 10.0 Å². The number of hydrogen-bond donors (Lipinski definition) is 1. The molecule has 0 heterocycles. The summed E-state index contributed by atoms with van der Waals surface area (Å²) in [7, 11) is 0. The maximum atomic E-state index is 13.8. The van der Waals surface area contributed by atoms with E-state index in [4.69, 9.17) is 5.73 Å². The van der Waals surface area contributed by atoms with Crippen LogP contribution in [0.4, 0.5) is 4.39 Å². The summed E-state index contributed by atoms with van der Waals surface area (Å²) in [6.45, 7) is 0. The van der Waals surface area contributed by atoms with Crippen LogP contribution in [-0.2, 0) is 6.42 Å². The molecule has 0 saturated heterocycles. The van der Waals surface area contributed by atoms with Crippen LogP contribution in [0, 0.1) is 11.7 Å². The van der Waals surface area contributed by atoms with Crippen LogP contribution in [-0.4, -0.2) is 6.04 Å². The zero-order chi connectivity index (χ0) is 13.7. The molecule has 106 valence electrons. The fourth-order valence-electron chi connectivity index (χ4n) is 3.02. The minimum absolute atomic E-state index is 0.0915. The maximum absolute atomic E-state index is 13.8. The Hall–Kier alpha value is -0.410. The minimum atomic E-state index is -0.143. The Labute approximate surface area is 123 Å². The highest BCUT2D eigenvalue weighted by molar-refractivity contribution is 9.10. The van der Waals surface area contributed by atoms with Crippen molar-refractivity contribution in [3.05, 3.63) is 34.1 Å². The van der Waals surface area contributed by atoms with Gasteiger partial charge in [0.05, 0.1) is 0 Å². The molecule has 2 rings (SSSR count). The van der Waals surface area contributed by atoms with Crippen LogP contribution in [0.25, 0.3) is 0 Å². The molecule has 0 radical (unpaired) electrons. The molecule has 3 heteroatoms. The van der Waals surface area contributed by atoms with Crippen molar-refractivity contribution in [2.75, 3.05) is 0 Å². The Morgan fingerprint density at radius 1 is 1.16 bits per heavy atom. The first kappa shape index (κ1) is 15.0. The second-order valence-corrected chi connectivity index (χ2v) is 6.62. The van der Waals surface area contributed by atoms with Crippen molar-refractivity contribution in [1.82, 2.24) is 0 Å². The molecule has 0 aliphatic heterocycles. The molecule has 0 bridgehead atoms. The summed E-state index contributed by atoms with van der Waals surface area (Å²) in [5.74, 6) is 0.416. The van der Waals surface area contributed by atoms with Crippen molar-refractivity contribution in [3.8, 4) is 0 Å². The first-order chi connectivity index (χ1) is 9.16. The predicted octanol–water partition coefficient (Wildman–Crippen LogP) is 4.82. The summed E-state index contributed by atoms with van der Waals surface area (Å²) in [6, 6.07) is 5.36. The molecule has 0 spiro atoms. The predicted molar refractivity (Wildman–Crippen MR) is 81.6 cm³/mol. The Balaban J connectivity index is 1.96. The molecule has 1 unspecified atom stereocenters. The van der Waals surface area contributed by atoms with E-state index in [1.165, 1.54) is 51.0 Å². The second-order valence-electron chi connectivity index (χ2n) is 5.71. The van der Waals surface area contributed by atoms with Gasteiger partial charge < -0.3 is 5.73 Å². The van der Waals surface area contributed by atoms with Crippen molar-refractivity contribution in [2.24, 2.45) is 11.7 Å². The molecule has 1 saturated carbocycles. The normalized spacial score (nSPS) is 19.7. The number of rotatable bonds is 3. The molecule has 0 amide bonds. The van der Waals surface area contributed by atoms with E-state index in [-0.39, 0.29) is 11.9 Å². The summed E-state index contributed by atoms with van der Waals surface area (Å²) in [5, 5.41) is 0. The molecular weight excluding hydrogens is 305 g/mol. The molecule has 1 aromatic carbocycles. The zero-order valence-electron chi connectivity index (χ0n) is 11.4. The third-order valence-corrected chi connectivity index (χ3v) is 4.72. The van der Waals surface area contributed by atoms with E-state index in [0.29, 0.717) is 12.3 Å². The number of nitrogens with two attached hydrogens (primary N) is 1. The summed E-state index contributed by atoms with van der Waals surface area (Å²) in [5.41, 5.74) is 7.08. The SMILES string of the molecule is NC(Cc1ccc(Br)cc1F)C1CCCCCCC1. The maximum Gasteiger partial charge on any atom is 0.127 e. The highest BCUT2D eigenvalue weighted by atomic mass is 79.9. The summed E-state index contributed by atoms with van der Waals surface area (Å²) in [6.07, 6.45) is 9.65. The highest BCUT2D eigenvalue weighted by Crippen LogP contribution is 2.26. The lowest BCUT2D eigenvalue weighted by Gasteiger charge is -2.26. The van der Waals surface area contributed by atoms with E-state index in [1.807, 2.05) is 12.1 Å². The van der Waals surface area contributed by atoms with Crippen LogP contribution in [0.5, 0.6) is 0 Å². The van der Waals surface area contributed by atoms with Crippen molar-refractivity contribution in [1.29, 1.82) is 0 Å². The van der Waals surface area contributed by atoms with Crippen LogP contribution < -0.4 is 5.73 Å². The van der Waals surface area contributed by atoms with E-state index in [1.54, 1.807) is 0 Å². The average molecular weight is 328 g/mol. The minimum Gasteiger partial charge on any atom is -0.327 e. The highest BCUT2D eigenvalue weighted by Gasteiger charge is 2.20. The van der Waals surface area contributed by atoms with Gasteiger partial charge in [0, 0.05) is 10.5 Å². The van der Waals surface area contributed by atoms with Gasteiger partial charge in [-0.3, -0.25) is 0 Å². The quantitative estimate of drug-likeness (QED) is 0.846. The smallest absolute Gasteiger partial charge is 0.127 e. The van der Waals surface area contributed by atoms with E-state index < -0.39 is 0 Å². The Morgan fingerprint density at radius 3 is 2.42 bits per heavy atom. The van der Waals surface area contributed by atoms with E-state index in [2.05, 4.69) is 15.9 Å². The molecule has 2 N–H and O–H groups in total. The third-order valence-electron chi connectivity index (χ3n) is 4.23. The van der Waals surface area contributed by atoms with Crippen molar-refractivity contribution in [3.63, 3.8) is 0 Å². The van der Waals surface area contributed by atoms with Crippen LogP contribution in [0.15, 0.2) is 22.7 Å². The lowest BCUT2D eigenvalue weighted by Crippen LogP contribution is -2.33. The topological polar surface area (TPSA) is 26.0 Å². The monoisotopic (exact) mass is 327 g/mol. The van der Waals surface area contributed by atoms with E-state index >= 15 is 0 Å². The van der Waals surface area contributed by atoms with Gasteiger partial charge in [-0.15, -0.1) is 0 Å². The first-order valence-electron chi connectivity index (χ1n) is 7.36. The fraction of sp³-hybridized carbons (Fsp3) is 0.625. The number of benzene rings is 1. The van der Waals surface area contributed by atoms with Gasteiger partial charge in [0.15, 0.2) is 0 Å². The van der Waals surface area contributed by atoms with Gasteiger partial charge in [-0.25, -0.2) is 4.39 Å². The first-order valence-corrected chi connectivity index (χ1v) is 8.15. The van der Waals surface area contributed by atoms with Gasteiger partial charge in [-0.05, 0) is 42.9 Å². The van der Waals surface area contributed by atoms with Crippen molar-refractivity contribution >= 4 is 15.9 Å². The molecular formula is C16H23BrFN. The van der Waals surface area contributed by atoms with Crippen molar-refractivity contribution in [2.45, 2.75) is 57.4 Å². The van der Waals surface area contributed by atoms with Gasteiger partial charge in [0.2, 0.25) is 0 Å². The van der Waals surface area contributed by atoms with Gasteiger partial charge in [0.1, 0.15) is 5.82 Å². The van der Waals surface area contributed by atoms with Crippen LogP contribution in [0.3, 0.4) is 0 Å². The average Bonchev–Trinajstić information content (AvgIpc) is 2.32. The lowest BCUT2D eigenvalue weighted by molar-refractivity contribution is 0.320. The molecule has 19 heavy (non-hydrogen) atoms. The zero-order valence-corrected chi connectivity index (χ0v) is 13.0. The molecule has 1 aliphatic carbocycles. The lowest BCUT2D eigenvalue weighted by atomic mass is 9.84. The molecule has 1 aromatic rings. The molecule has 1 aliphatic rings. The fourth-order valence-corrected chi connectivity index (χ4v) is 3.36. The summed E-state index contributed by atoms with van der Waals surface area (Å²) >= 11 is 3.29. The van der Waals surface area contributed by atoms with E-state index in [9.17, 15) is 4.39 Å². The van der Waals surface area contributed by atoms with Crippen LogP contribution in [0.1, 0.15) is 50.5 Å². The number of halogens is 2. The molecule has 1 atom stereocenters. The Kier molecular flexibility index (Phi) is 5.83. The second kappa shape index (κ2) is 7.39. The standard InChI is InChI=1S/C16H23BrFN/c17-14-9-8-13(15(18)11-14)10-16(19)12-6-4-2-1-3-5-7-12/h8-9,11-12,16H,1-7,10,19H2. The summed E-state index contributed by atoms with van der Waals surface area (Å²) in [4.78, 5) is 0. The van der Waals surface area contributed by atoms with Gasteiger partial charge in [0.25, 0.3) is 0 Å². The van der Waals surface area contributed by atoms with Crippen LogP contribution in [0.2, 0.25) is 0 Å². The largest absolute Gasteiger partial charge is 0.327 e. The van der Waals surface area contributed by atoms with Crippen molar-refractivity contribution < 1.29 is 4.39 Å². The van der Waals surface area contributed by atoms with Gasteiger partial charge in [-0.1, -0.05) is 54.1 Å². The van der Waals surface area contributed by atoms with Gasteiger partial charge >= 0.3 is 0 Å². The van der Waals surface area contributed by atoms with Gasteiger partial charge in [-0.2, -0.15) is 0 Å². The molecule has 1 nitrogen and oxygen atoms in total. The number of hydrogen-bond acceptors (Lipinski definition) is 1. The third kappa shape index (κ3) is 4.57.